The van der Waals surface area contributed by atoms with Gasteiger partial charge >= 0.3 is 0 Å². The summed E-state index contributed by atoms with van der Waals surface area (Å²) >= 11 is 12.3. The molecule has 0 unspecified atom stereocenters. The zero-order valence-corrected chi connectivity index (χ0v) is 12.9. The second kappa shape index (κ2) is 7.41. The average Bonchev–Trinajstić information content (AvgIpc) is 2.47. The molecule has 0 bridgehead atoms. The number of allylic oxidation sites excluding steroid dienone is 1. The molecule has 1 aliphatic heterocycles. The molecule has 1 saturated heterocycles. The first-order chi connectivity index (χ1) is 9.65. The van der Waals surface area contributed by atoms with Crippen LogP contribution >= 0.6 is 23.2 Å². The predicted molar refractivity (Wildman–Crippen MR) is 83.0 cm³/mol. The molecule has 2 nitrogen and oxygen atoms in total. The number of piperazine rings is 1. The second-order valence-corrected chi connectivity index (χ2v) is 5.71. The van der Waals surface area contributed by atoms with Crippen LogP contribution in [0.5, 0.6) is 0 Å². The van der Waals surface area contributed by atoms with Crippen molar-refractivity contribution in [3.8, 4) is 0 Å². The van der Waals surface area contributed by atoms with Crippen molar-refractivity contribution in [2.45, 2.75) is 18.9 Å². The van der Waals surface area contributed by atoms with Gasteiger partial charge in [-0.3, -0.25) is 4.90 Å². The Morgan fingerprint density at radius 1 is 1.35 bits per heavy atom. The van der Waals surface area contributed by atoms with E-state index in [0.29, 0.717) is 15.6 Å². The molecule has 1 aliphatic rings. The molecule has 0 spiro atoms. The number of nitrogens with one attached hydrogen (secondary N) is 1. The summed E-state index contributed by atoms with van der Waals surface area (Å²) in [6, 6.07) is 2.85. The zero-order valence-electron chi connectivity index (χ0n) is 11.3. The van der Waals surface area contributed by atoms with Crippen LogP contribution in [0.4, 0.5) is 4.39 Å². The standard InChI is InChI=1S/C15H19Cl2FN2/c1-2-3-4-13(20-9-7-19-8-10-20)14-12(18)6-5-11(16)15(14)17/h2,5-6,13,19H,1,3-4,7-10H2/t13-/m0/s1. The van der Waals surface area contributed by atoms with Crippen molar-refractivity contribution in [2.75, 3.05) is 26.2 Å². The molecule has 20 heavy (non-hydrogen) atoms. The summed E-state index contributed by atoms with van der Waals surface area (Å²) in [7, 11) is 0. The summed E-state index contributed by atoms with van der Waals surface area (Å²) in [6.45, 7) is 7.32. The number of halogens is 3. The SMILES string of the molecule is C=CCC[C@@H](c1c(F)ccc(Cl)c1Cl)N1CCNCC1. The van der Waals surface area contributed by atoms with Crippen molar-refractivity contribution in [3.05, 3.63) is 46.2 Å². The highest BCUT2D eigenvalue weighted by atomic mass is 35.5. The average molecular weight is 317 g/mol. The monoisotopic (exact) mass is 316 g/mol. The molecule has 0 aliphatic carbocycles. The lowest BCUT2D eigenvalue weighted by molar-refractivity contribution is 0.163. The van der Waals surface area contributed by atoms with Crippen LogP contribution in [0.2, 0.25) is 10.0 Å². The van der Waals surface area contributed by atoms with E-state index in [1.807, 2.05) is 6.08 Å². The van der Waals surface area contributed by atoms with Gasteiger partial charge < -0.3 is 5.32 Å². The maximum absolute atomic E-state index is 14.3. The molecule has 1 aromatic rings. The minimum absolute atomic E-state index is 0.0544. The van der Waals surface area contributed by atoms with Crippen LogP contribution in [-0.2, 0) is 0 Å². The third-order valence-corrected chi connectivity index (χ3v) is 4.47. The maximum atomic E-state index is 14.3. The van der Waals surface area contributed by atoms with Crippen molar-refractivity contribution in [1.82, 2.24) is 10.2 Å². The molecule has 110 valence electrons. The highest BCUT2D eigenvalue weighted by Gasteiger charge is 2.27. The minimum Gasteiger partial charge on any atom is -0.314 e. The van der Waals surface area contributed by atoms with E-state index in [4.69, 9.17) is 23.2 Å². The Balaban J connectivity index is 2.34. The smallest absolute Gasteiger partial charge is 0.129 e. The van der Waals surface area contributed by atoms with Gasteiger partial charge in [0.15, 0.2) is 0 Å². The first-order valence-electron chi connectivity index (χ1n) is 6.84. The zero-order chi connectivity index (χ0) is 14.5. The van der Waals surface area contributed by atoms with Gasteiger partial charge in [-0.1, -0.05) is 29.3 Å². The van der Waals surface area contributed by atoms with E-state index in [0.717, 1.165) is 39.0 Å². The van der Waals surface area contributed by atoms with E-state index >= 15 is 0 Å². The lowest BCUT2D eigenvalue weighted by atomic mass is 9.98. The van der Waals surface area contributed by atoms with Crippen molar-refractivity contribution in [2.24, 2.45) is 0 Å². The van der Waals surface area contributed by atoms with E-state index in [9.17, 15) is 4.39 Å². The van der Waals surface area contributed by atoms with Crippen LogP contribution in [0.25, 0.3) is 0 Å². The van der Waals surface area contributed by atoms with Crippen LogP contribution < -0.4 is 5.32 Å². The highest BCUT2D eigenvalue weighted by molar-refractivity contribution is 6.42. The van der Waals surface area contributed by atoms with Gasteiger partial charge in [0.1, 0.15) is 5.82 Å². The molecule has 1 heterocycles. The summed E-state index contributed by atoms with van der Waals surface area (Å²) < 4.78 is 14.3. The summed E-state index contributed by atoms with van der Waals surface area (Å²) in [6.07, 6.45) is 3.46. The number of hydrogen-bond donors (Lipinski definition) is 1. The Labute approximate surface area is 129 Å². The van der Waals surface area contributed by atoms with Crippen LogP contribution in [0.1, 0.15) is 24.4 Å². The van der Waals surface area contributed by atoms with Crippen LogP contribution in [0.3, 0.4) is 0 Å². The predicted octanol–water partition coefficient (Wildman–Crippen LogP) is 4.05. The van der Waals surface area contributed by atoms with Gasteiger partial charge in [-0.2, -0.15) is 0 Å². The van der Waals surface area contributed by atoms with Gasteiger partial charge in [0.2, 0.25) is 0 Å². The van der Waals surface area contributed by atoms with Crippen molar-refractivity contribution in [1.29, 1.82) is 0 Å². The summed E-state index contributed by atoms with van der Waals surface area (Å²) in [5, 5.41) is 4.04. The van der Waals surface area contributed by atoms with Gasteiger partial charge in [-0.25, -0.2) is 4.39 Å². The van der Waals surface area contributed by atoms with E-state index in [2.05, 4.69) is 16.8 Å². The summed E-state index contributed by atoms with van der Waals surface area (Å²) in [4.78, 5) is 2.26. The fourth-order valence-electron chi connectivity index (χ4n) is 2.63. The van der Waals surface area contributed by atoms with Crippen LogP contribution in [0, 0.1) is 5.82 Å². The van der Waals surface area contributed by atoms with Crippen molar-refractivity contribution in [3.63, 3.8) is 0 Å². The summed E-state index contributed by atoms with van der Waals surface area (Å²) in [5.41, 5.74) is 0.517. The largest absolute Gasteiger partial charge is 0.314 e. The van der Waals surface area contributed by atoms with E-state index in [1.54, 1.807) is 0 Å². The van der Waals surface area contributed by atoms with Gasteiger partial charge in [-0.15, -0.1) is 6.58 Å². The molecule has 1 atom stereocenters. The quantitative estimate of drug-likeness (QED) is 0.651. The first-order valence-corrected chi connectivity index (χ1v) is 7.59. The fourth-order valence-corrected chi connectivity index (χ4v) is 3.07. The Bertz CT molecular complexity index is 473. The molecule has 1 aromatic carbocycles. The number of benzene rings is 1. The maximum Gasteiger partial charge on any atom is 0.129 e. The lowest BCUT2D eigenvalue weighted by Crippen LogP contribution is -2.45. The Kier molecular flexibility index (Phi) is 5.85. The highest BCUT2D eigenvalue weighted by Crippen LogP contribution is 2.37. The van der Waals surface area contributed by atoms with E-state index in [-0.39, 0.29) is 11.9 Å². The molecule has 0 aromatic heterocycles. The van der Waals surface area contributed by atoms with Gasteiger partial charge in [0.25, 0.3) is 0 Å². The van der Waals surface area contributed by atoms with Gasteiger partial charge in [0, 0.05) is 37.8 Å². The topological polar surface area (TPSA) is 15.3 Å². The Morgan fingerprint density at radius 3 is 2.70 bits per heavy atom. The van der Waals surface area contributed by atoms with Crippen LogP contribution in [0.15, 0.2) is 24.8 Å². The third kappa shape index (κ3) is 3.53. The number of hydrogen-bond acceptors (Lipinski definition) is 2. The molecule has 1 N–H and O–H groups in total. The third-order valence-electron chi connectivity index (χ3n) is 3.65. The lowest BCUT2D eigenvalue weighted by Gasteiger charge is -2.35. The summed E-state index contributed by atoms with van der Waals surface area (Å²) in [5.74, 6) is -0.285. The molecule has 0 radical (unpaired) electrons. The second-order valence-electron chi connectivity index (χ2n) is 4.92. The van der Waals surface area contributed by atoms with E-state index in [1.165, 1.54) is 12.1 Å². The molecule has 2 rings (SSSR count). The fraction of sp³-hybridized carbons (Fsp3) is 0.467. The number of nitrogens with zero attached hydrogens (tertiary/aromatic N) is 1. The molecule has 0 saturated carbocycles. The molecule has 1 fully saturated rings. The first kappa shape index (κ1) is 15.8. The molecular weight excluding hydrogens is 298 g/mol. The minimum atomic E-state index is -0.285. The molecule has 0 amide bonds. The van der Waals surface area contributed by atoms with Crippen LogP contribution in [-0.4, -0.2) is 31.1 Å². The van der Waals surface area contributed by atoms with E-state index < -0.39 is 0 Å². The molecular formula is C15H19Cl2FN2. The van der Waals surface area contributed by atoms with Gasteiger partial charge in [-0.05, 0) is 25.0 Å². The molecule has 5 heteroatoms. The Morgan fingerprint density at radius 2 is 2.05 bits per heavy atom. The number of rotatable bonds is 5. The Hall–Kier alpha value is -0.610. The van der Waals surface area contributed by atoms with Gasteiger partial charge in [0.05, 0.1) is 10.0 Å². The van der Waals surface area contributed by atoms with Crippen molar-refractivity contribution < 1.29 is 4.39 Å². The van der Waals surface area contributed by atoms with Crippen molar-refractivity contribution >= 4 is 23.2 Å². The normalized spacial score (nSPS) is 17.9.